The van der Waals surface area contributed by atoms with E-state index in [9.17, 15) is 22.8 Å². The molecule has 4 nitrogen and oxygen atoms in total. The Kier molecular flexibility index (Phi) is 5.71. The molecule has 1 amide bonds. The molecule has 0 aliphatic carbocycles. The first kappa shape index (κ1) is 18.1. The van der Waals surface area contributed by atoms with E-state index in [1.54, 1.807) is 18.2 Å². The Morgan fingerprint density at radius 3 is 2.42 bits per heavy atom. The lowest BCUT2D eigenvalue weighted by Crippen LogP contribution is -2.32. The van der Waals surface area contributed by atoms with Crippen molar-refractivity contribution in [2.24, 2.45) is 0 Å². The average Bonchev–Trinajstić information content (AvgIpc) is 2.51. The van der Waals surface area contributed by atoms with Crippen LogP contribution >= 0.6 is 11.8 Å². The quantitative estimate of drug-likeness (QED) is 0.827. The van der Waals surface area contributed by atoms with Crippen molar-refractivity contribution >= 4 is 34.4 Å². The molecule has 2 aromatic carbocycles. The van der Waals surface area contributed by atoms with Gasteiger partial charge < -0.3 is 10.4 Å². The summed E-state index contributed by atoms with van der Waals surface area (Å²) in [6, 6.07) is 11.6. The molecular weight excluding hydrogens is 343 g/mol. The van der Waals surface area contributed by atoms with Crippen molar-refractivity contribution in [3.8, 4) is 0 Å². The van der Waals surface area contributed by atoms with Crippen LogP contribution in [0, 0.1) is 0 Å². The molecule has 2 rings (SSSR count). The third-order valence-corrected chi connectivity index (χ3v) is 3.99. The Balaban J connectivity index is 2.17. The van der Waals surface area contributed by atoms with E-state index in [0.29, 0.717) is 5.56 Å². The highest BCUT2D eigenvalue weighted by Crippen LogP contribution is 2.30. The zero-order chi connectivity index (χ0) is 17.7. The molecule has 8 heteroatoms. The molecule has 0 saturated heterocycles. The van der Waals surface area contributed by atoms with Crippen molar-refractivity contribution in [1.82, 2.24) is 5.32 Å². The van der Waals surface area contributed by atoms with Crippen LogP contribution in [0.3, 0.4) is 0 Å². The lowest BCUT2D eigenvalue weighted by Gasteiger charge is -2.18. The number of carboxylic acids is 1. The molecule has 0 spiro atoms. The molecule has 0 saturated carbocycles. The third-order valence-electron chi connectivity index (χ3n) is 3.26. The molecule has 0 heterocycles. The lowest BCUT2D eigenvalue weighted by molar-refractivity contribution is -0.137. The van der Waals surface area contributed by atoms with Gasteiger partial charge in [0, 0.05) is 0 Å². The van der Waals surface area contributed by atoms with Crippen LogP contribution in [0.4, 0.5) is 13.2 Å². The molecule has 0 bridgehead atoms. The van der Waals surface area contributed by atoms with Gasteiger partial charge in [-0.1, -0.05) is 36.4 Å². The summed E-state index contributed by atoms with van der Waals surface area (Å²) in [5, 5.41) is 13.1. The van der Waals surface area contributed by atoms with Crippen molar-refractivity contribution < 1.29 is 27.9 Å². The molecule has 0 radical (unpaired) electrons. The fraction of sp³-hybridized carbons (Fsp3) is 0.250. The van der Waals surface area contributed by atoms with Gasteiger partial charge in [0.15, 0.2) is 0 Å². The Morgan fingerprint density at radius 1 is 1.12 bits per heavy atom. The summed E-state index contributed by atoms with van der Waals surface area (Å²) < 4.78 is 36.4. The van der Waals surface area contributed by atoms with Crippen molar-refractivity contribution in [3.05, 3.63) is 48.0 Å². The van der Waals surface area contributed by atoms with E-state index in [0.717, 1.165) is 10.8 Å². The highest BCUT2D eigenvalue weighted by molar-refractivity contribution is 8.00. The zero-order valence-corrected chi connectivity index (χ0v) is 13.2. The predicted octanol–water partition coefficient (Wildman–Crippen LogP) is 3.72. The maximum Gasteiger partial charge on any atom is 0.442 e. The highest BCUT2D eigenvalue weighted by atomic mass is 32.2. The van der Waals surface area contributed by atoms with Gasteiger partial charge in [0.25, 0.3) is 0 Å². The normalized spacial score (nSPS) is 12.8. The maximum absolute atomic E-state index is 12.1. The number of halogens is 3. The van der Waals surface area contributed by atoms with Crippen LogP contribution in [0.1, 0.15) is 18.0 Å². The van der Waals surface area contributed by atoms with Crippen LogP contribution < -0.4 is 5.32 Å². The fourth-order valence-corrected chi connectivity index (χ4v) is 2.61. The molecule has 0 aromatic heterocycles. The first-order valence-corrected chi connectivity index (χ1v) is 7.94. The molecular formula is C16H14F3NO3S. The number of thioether (sulfide) groups is 1. The molecule has 0 unspecified atom stereocenters. The molecule has 1 atom stereocenters. The molecule has 0 aliphatic rings. The van der Waals surface area contributed by atoms with Crippen LogP contribution in [0.2, 0.25) is 0 Å². The topological polar surface area (TPSA) is 66.4 Å². The number of hydrogen-bond donors (Lipinski definition) is 2. The number of alkyl halides is 3. The van der Waals surface area contributed by atoms with Gasteiger partial charge in [-0.2, -0.15) is 13.2 Å². The smallest absolute Gasteiger partial charge is 0.442 e. The molecule has 128 valence electrons. The van der Waals surface area contributed by atoms with Crippen molar-refractivity contribution in [2.75, 3.05) is 5.75 Å². The van der Waals surface area contributed by atoms with E-state index in [2.05, 4.69) is 5.32 Å². The van der Waals surface area contributed by atoms with Crippen molar-refractivity contribution in [3.63, 3.8) is 0 Å². The Bertz CT molecular complexity index is 749. The van der Waals surface area contributed by atoms with Gasteiger partial charge in [0.2, 0.25) is 5.91 Å². The summed E-state index contributed by atoms with van der Waals surface area (Å²) in [6.45, 7) is 0. The minimum atomic E-state index is -4.51. The van der Waals surface area contributed by atoms with E-state index in [1.807, 2.05) is 24.3 Å². The van der Waals surface area contributed by atoms with E-state index in [1.165, 1.54) is 0 Å². The summed E-state index contributed by atoms with van der Waals surface area (Å²) in [5.41, 5.74) is -3.98. The molecule has 0 aliphatic heterocycles. The molecule has 2 aromatic rings. The van der Waals surface area contributed by atoms with Crippen LogP contribution in [-0.4, -0.2) is 28.2 Å². The van der Waals surface area contributed by atoms with Gasteiger partial charge in [-0.3, -0.25) is 9.59 Å². The van der Waals surface area contributed by atoms with Gasteiger partial charge in [0.05, 0.1) is 18.2 Å². The van der Waals surface area contributed by atoms with E-state index in [4.69, 9.17) is 5.11 Å². The molecule has 24 heavy (non-hydrogen) atoms. The number of carbonyl (C=O) groups is 2. The minimum absolute atomic E-state index is 0.416. The monoisotopic (exact) mass is 357 g/mol. The second-order valence-corrected chi connectivity index (χ2v) is 6.10. The Hall–Kier alpha value is -2.22. The number of nitrogens with one attached hydrogen (secondary N) is 1. The highest BCUT2D eigenvalue weighted by Gasteiger charge is 2.30. The van der Waals surface area contributed by atoms with E-state index in [-0.39, 0.29) is 0 Å². The number of amides is 1. The lowest BCUT2D eigenvalue weighted by atomic mass is 9.99. The number of aliphatic carboxylic acids is 1. The van der Waals surface area contributed by atoms with Crippen molar-refractivity contribution in [1.29, 1.82) is 0 Å². The van der Waals surface area contributed by atoms with Gasteiger partial charge >= 0.3 is 11.5 Å². The predicted molar refractivity (Wildman–Crippen MR) is 85.6 cm³/mol. The largest absolute Gasteiger partial charge is 0.481 e. The second kappa shape index (κ2) is 7.57. The van der Waals surface area contributed by atoms with E-state index >= 15 is 0 Å². The average molecular weight is 357 g/mol. The standard InChI is InChI=1S/C16H14F3NO3S/c17-16(18,19)24-9-14(21)20-13(8-15(22)23)12-6-5-10-3-1-2-4-11(10)7-12/h1-7,13H,8-9H2,(H,20,21)(H,22,23)/t13-/m0/s1. The van der Waals surface area contributed by atoms with Crippen molar-refractivity contribution in [2.45, 2.75) is 18.0 Å². The van der Waals surface area contributed by atoms with Crippen LogP contribution in [0.15, 0.2) is 42.5 Å². The zero-order valence-electron chi connectivity index (χ0n) is 12.3. The van der Waals surface area contributed by atoms with Gasteiger partial charge in [0.1, 0.15) is 0 Å². The first-order valence-electron chi connectivity index (χ1n) is 6.95. The second-order valence-electron chi connectivity index (χ2n) is 5.06. The SMILES string of the molecule is O=C(O)C[C@H](NC(=O)CSC(F)(F)F)c1ccc2ccccc2c1. The maximum atomic E-state index is 12.1. The van der Waals surface area contributed by atoms with Crippen LogP contribution in [0.5, 0.6) is 0 Å². The van der Waals surface area contributed by atoms with Gasteiger partial charge in [-0.25, -0.2) is 0 Å². The van der Waals surface area contributed by atoms with E-state index < -0.39 is 47.4 Å². The van der Waals surface area contributed by atoms with Crippen LogP contribution in [-0.2, 0) is 9.59 Å². The third kappa shape index (κ3) is 5.45. The Morgan fingerprint density at radius 2 is 1.79 bits per heavy atom. The fourth-order valence-electron chi connectivity index (χ4n) is 2.23. The number of rotatable bonds is 6. The summed E-state index contributed by atoms with van der Waals surface area (Å²) >= 11 is -0.459. The Labute approximate surface area is 140 Å². The van der Waals surface area contributed by atoms with Gasteiger partial charge in [-0.15, -0.1) is 0 Å². The number of fused-ring (bicyclic) bond motifs is 1. The summed E-state index contributed by atoms with van der Waals surface area (Å²) in [4.78, 5) is 22.7. The van der Waals surface area contributed by atoms with Crippen LogP contribution in [0.25, 0.3) is 10.8 Å². The number of benzene rings is 2. The van der Waals surface area contributed by atoms with Gasteiger partial charge in [-0.05, 0) is 34.2 Å². The summed E-state index contributed by atoms with van der Waals surface area (Å²) in [5.74, 6) is -2.83. The minimum Gasteiger partial charge on any atom is -0.481 e. The molecule has 2 N–H and O–H groups in total. The summed E-state index contributed by atoms with van der Waals surface area (Å²) in [6.07, 6.45) is -0.416. The number of carbonyl (C=O) groups excluding carboxylic acids is 1. The number of hydrogen-bond acceptors (Lipinski definition) is 3. The first-order chi connectivity index (χ1) is 11.2. The molecule has 0 fully saturated rings. The summed E-state index contributed by atoms with van der Waals surface area (Å²) in [7, 11) is 0. The number of carboxylic acid groups (broad SMARTS) is 1.